The highest BCUT2D eigenvalue weighted by Gasteiger charge is 2.30. The molecule has 1 aromatic carbocycles. The Morgan fingerprint density at radius 1 is 1.17 bits per heavy atom. The number of likely N-dealkylation sites (tertiary alicyclic amines) is 1. The van der Waals surface area contributed by atoms with Crippen LogP contribution in [0.1, 0.15) is 67.5 Å². The fraction of sp³-hybridized carbons (Fsp3) is 0.591. The molecule has 7 nitrogen and oxygen atoms in total. The van der Waals surface area contributed by atoms with Crippen molar-refractivity contribution in [2.75, 3.05) is 26.3 Å². The lowest BCUT2D eigenvalue weighted by atomic mass is 9.94. The van der Waals surface area contributed by atoms with Gasteiger partial charge in [0.15, 0.2) is 17.3 Å². The van der Waals surface area contributed by atoms with E-state index >= 15 is 0 Å². The van der Waals surface area contributed by atoms with E-state index in [1.807, 2.05) is 30.9 Å². The molecule has 1 aliphatic heterocycles. The SMILES string of the molecule is CCOc1ccc(C(=O)N2CCC[C@H](Cc3nc(C4CC4)no3)C2)cc1OCC. The van der Waals surface area contributed by atoms with E-state index in [2.05, 4.69) is 10.1 Å². The van der Waals surface area contributed by atoms with Gasteiger partial charge in [-0.2, -0.15) is 4.98 Å². The smallest absolute Gasteiger partial charge is 0.254 e. The number of ether oxygens (including phenoxy) is 2. The minimum absolute atomic E-state index is 0.0305. The number of carbonyl (C=O) groups excluding carboxylic acids is 1. The van der Waals surface area contributed by atoms with Crippen molar-refractivity contribution < 1.29 is 18.8 Å². The predicted molar refractivity (Wildman–Crippen MR) is 107 cm³/mol. The zero-order chi connectivity index (χ0) is 20.2. The van der Waals surface area contributed by atoms with Crippen LogP contribution in [-0.4, -0.2) is 47.3 Å². The molecule has 0 spiro atoms. The topological polar surface area (TPSA) is 77.7 Å². The van der Waals surface area contributed by atoms with Gasteiger partial charge in [0.25, 0.3) is 5.91 Å². The maximum atomic E-state index is 13.1. The van der Waals surface area contributed by atoms with Gasteiger partial charge in [-0.25, -0.2) is 0 Å². The van der Waals surface area contributed by atoms with Crippen molar-refractivity contribution in [2.45, 2.75) is 51.9 Å². The molecule has 29 heavy (non-hydrogen) atoms. The average Bonchev–Trinajstić information content (AvgIpc) is 3.49. The molecular formula is C22H29N3O4. The number of carbonyl (C=O) groups is 1. The molecular weight excluding hydrogens is 370 g/mol. The molecule has 7 heteroatoms. The Kier molecular flexibility index (Phi) is 6.02. The third kappa shape index (κ3) is 4.71. The first kappa shape index (κ1) is 19.7. The van der Waals surface area contributed by atoms with Gasteiger partial charge in [0.2, 0.25) is 5.89 Å². The Morgan fingerprint density at radius 2 is 1.97 bits per heavy atom. The third-order valence-electron chi connectivity index (χ3n) is 5.49. The number of aromatic nitrogens is 2. The number of amides is 1. The molecule has 156 valence electrons. The van der Waals surface area contributed by atoms with Crippen molar-refractivity contribution in [3.05, 3.63) is 35.5 Å². The molecule has 0 unspecified atom stereocenters. The van der Waals surface area contributed by atoms with Crippen molar-refractivity contribution in [3.63, 3.8) is 0 Å². The molecule has 1 amide bonds. The molecule has 2 heterocycles. The van der Waals surface area contributed by atoms with Gasteiger partial charge in [0.1, 0.15) is 0 Å². The highest BCUT2D eigenvalue weighted by Crippen LogP contribution is 2.38. The summed E-state index contributed by atoms with van der Waals surface area (Å²) in [6.45, 7) is 6.40. The fourth-order valence-electron chi connectivity index (χ4n) is 3.89. The summed E-state index contributed by atoms with van der Waals surface area (Å²) >= 11 is 0. The van der Waals surface area contributed by atoms with Crippen LogP contribution in [0.4, 0.5) is 0 Å². The van der Waals surface area contributed by atoms with Gasteiger partial charge >= 0.3 is 0 Å². The quantitative estimate of drug-likeness (QED) is 0.671. The minimum atomic E-state index is 0.0305. The minimum Gasteiger partial charge on any atom is -0.490 e. The largest absolute Gasteiger partial charge is 0.490 e. The molecule has 0 radical (unpaired) electrons. The molecule has 1 aliphatic carbocycles. The molecule has 1 atom stereocenters. The lowest BCUT2D eigenvalue weighted by Crippen LogP contribution is -2.40. The number of benzene rings is 1. The van der Waals surface area contributed by atoms with E-state index in [4.69, 9.17) is 14.0 Å². The number of hydrogen-bond acceptors (Lipinski definition) is 6. The monoisotopic (exact) mass is 399 g/mol. The van der Waals surface area contributed by atoms with Gasteiger partial charge in [-0.3, -0.25) is 4.79 Å². The molecule has 4 rings (SSSR count). The van der Waals surface area contributed by atoms with E-state index in [1.54, 1.807) is 6.07 Å². The van der Waals surface area contributed by atoms with Gasteiger partial charge < -0.3 is 18.9 Å². The predicted octanol–water partition coefficient (Wildman–Crippen LogP) is 3.84. The van der Waals surface area contributed by atoms with Gasteiger partial charge in [-0.15, -0.1) is 0 Å². The maximum absolute atomic E-state index is 13.1. The van der Waals surface area contributed by atoms with E-state index in [-0.39, 0.29) is 5.91 Å². The summed E-state index contributed by atoms with van der Waals surface area (Å²) in [5.74, 6) is 3.71. The Balaban J connectivity index is 1.41. The van der Waals surface area contributed by atoms with Crippen LogP contribution in [0, 0.1) is 5.92 Å². The molecule has 2 fully saturated rings. The Morgan fingerprint density at radius 3 is 2.72 bits per heavy atom. The standard InChI is InChI=1S/C22H29N3O4/c1-3-27-18-10-9-17(13-19(18)28-4-2)22(26)25-11-5-6-15(14-25)12-20-23-21(24-29-20)16-7-8-16/h9-10,13,15-16H,3-8,11-12,14H2,1-2H3/t15-/m1/s1. The van der Waals surface area contributed by atoms with Crippen molar-refractivity contribution in [1.82, 2.24) is 15.0 Å². The third-order valence-corrected chi connectivity index (χ3v) is 5.49. The number of nitrogens with zero attached hydrogens (tertiary/aromatic N) is 3. The lowest BCUT2D eigenvalue weighted by Gasteiger charge is -2.32. The summed E-state index contributed by atoms with van der Waals surface area (Å²) in [6.07, 6.45) is 5.11. The fourth-order valence-corrected chi connectivity index (χ4v) is 3.89. The van der Waals surface area contributed by atoms with Crippen LogP contribution in [0.5, 0.6) is 11.5 Å². The summed E-state index contributed by atoms with van der Waals surface area (Å²) in [5, 5.41) is 4.10. The normalized spacial score (nSPS) is 19.2. The second-order valence-electron chi connectivity index (χ2n) is 7.81. The number of hydrogen-bond donors (Lipinski definition) is 0. The summed E-state index contributed by atoms with van der Waals surface area (Å²) < 4.78 is 16.7. The molecule has 1 aromatic heterocycles. The molecule has 2 aliphatic rings. The van der Waals surface area contributed by atoms with Crippen LogP contribution in [0.3, 0.4) is 0 Å². The van der Waals surface area contributed by atoms with E-state index in [0.717, 1.165) is 44.5 Å². The zero-order valence-electron chi connectivity index (χ0n) is 17.2. The van der Waals surface area contributed by atoms with E-state index in [0.29, 0.717) is 54.5 Å². The molecule has 2 aromatic rings. The molecule has 0 bridgehead atoms. The van der Waals surface area contributed by atoms with Crippen molar-refractivity contribution in [1.29, 1.82) is 0 Å². The van der Waals surface area contributed by atoms with E-state index in [9.17, 15) is 4.79 Å². The Labute approximate surface area is 171 Å². The Hall–Kier alpha value is -2.57. The molecule has 0 N–H and O–H groups in total. The summed E-state index contributed by atoms with van der Waals surface area (Å²) in [5.41, 5.74) is 0.631. The van der Waals surface area contributed by atoms with E-state index < -0.39 is 0 Å². The first-order valence-corrected chi connectivity index (χ1v) is 10.7. The summed E-state index contributed by atoms with van der Waals surface area (Å²) in [7, 11) is 0. The Bertz CT molecular complexity index is 846. The zero-order valence-corrected chi connectivity index (χ0v) is 17.2. The van der Waals surface area contributed by atoms with Crippen molar-refractivity contribution in [3.8, 4) is 11.5 Å². The van der Waals surface area contributed by atoms with Gasteiger partial charge in [-0.1, -0.05) is 5.16 Å². The highest BCUT2D eigenvalue weighted by molar-refractivity contribution is 5.95. The maximum Gasteiger partial charge on any atom is 0.254 e. The lowest BCUT2D eigenvalue weighted by molar-refractivity contribution is 0.0667. The van der Waals surface area contributed by atoms with Gasteiger partial charge in [0, 0.05) is 31.0 Å². The van der Waals surface area contributed by atoms with Crippen LogP contribution in [0.2, 0.25) is 0 Å². The van der Waals surface area contributed by atoms with Gasteiger partial charge in [-0.05, 0) is 63.6 Å². The van der Waals surface area contributed by atoms with Crippen LogP contribution in [-0.2, 0) is 6.42 Å². The summed E-state index contributed by atoms with van der Waals surface area (Å²) in [4.78, 5) is 19.6. The molecule has 1 saturated carbocycles. The highest BCUT2D eigenvalue weighted by atomic mass is 16.5. The number of piperidine rings is 1. The second-order valence-corrected chi connectivity index (χ2v) is 7.81. The van der Waals surface area contributed by atoms with Crippen molar-refractivity contribution in [2.24, 2.45) is 5.92 Å². The first-order chi connectivity index (χ1) is 14.2. The van der Waals surface area contributed by atoms with Crippen LogP contribution in [0.15, 0.2) is 22.7 Å². The summed E-state index contributed by atoms with van der Waals surface area (Å²) in [6, 6.07) is 5.43. The van der Waals surface area contributed by atoms with Crippen LogP contribution in [0.25, 0.3) is 0 Å². The van der Waals surface area contributed by atoms with Gasteiger partial charge in [0.05, 0.1) is 13.2 Å². The first-order valence-electron chi connectivity index (χ1n) is 10.7. The second kappa shape index (κ2) is 8.84. The van der Waals surface area contributed by atoms with Crippen LogP contribution >= 0.6 is 0 Å². The number of rotatable bonds is 8. The van der Waals surface area contributed by atoms with E-state index in [1.165, 1.54) is 0 Å². The molecule has 1 saturated heterocycles. The van der Waals surface area contributed by atoms with Crippen molar-refractivity contribution >= 4 is 5.91 Å². The van der Waals surface area contributed by atoms with Crippen LogP contribution < -0.4 is 9.47 Å². The average molecular weight is 399 g/mol.